The number of aryl methyl sites for hydroxylation is 1. The number of sulfonamides is 1. The van der Waals surface area contributed by atoms with Crippen LogP contribution >= 0.6 is 0 Å². The number of imidazole rings is 1. The lowest BCUT2D eigenvalue weighted by Crippen LogP contribution is -2.49. The van der Waals surface area contributed by atoms with Gasteiger partial charge in [0, 0.05) is 6.42 Å². The molecule has 0 saturated heterocycles. The van der Waals surface area contributed by atoms with Gasteiger partial charge in [-0.25, -0.2) is 13.4 Å². The molecule has 108 valence electrons. The van der Waals surface area contributed by atoms with Crippen LogP contribution < -0.4 is 4.72 Å². The van der Waals surface area contributed by atoms with E-state index in [2.05, 4.69) is 14.7 Å². The number of carboxylic acid groups (broad SMARTS) is 1. The van der Waals surface area contributed by atoms with Crippen LogP contribution in [-0.4, -0.2) is 35.5 Å². The summed E-state index contributed by atoms with van der Waals surface area (Å²) in [5.41, 5.74) is -0.744. The van der Waals surface area contributed by atoms with Gasteiger partial charge in [-0.3, -0.25) is 4.79 Å². The number of nitrogens with one attached hydrogen (secondary N) is 2. The third-order valence-electron chi connectivity index (χ3n) is 2.62. The van der Waals surface area contributed by atoms with Crippen molar-refractivity contribution in [3.05, 3.63) is 12.0 Å². The van der Waals surface area contributed by atoms with Crippen molar-refractivity contribution in [2.24, 2.45) is 5.41 Å². The van der Waals surface area contributed by atoms with Crippen LogP contribution in [0.1, 0.15) is 33.5 Å². The van der Waals surface area contributed by atoms with Gasteiger partial charge in [-0.1, -0.05) is 27.7 Å². The summed E-state index contributed by atoms with van der Waals surface area (Å²) in [6, 6.07) is -1.22. The molecule has 0 saturated carbocycles. The molecule has 0 radical (unpaired) electrons. The summed E-state index contributed by atoms with van der Waals surface area (Å²) in [6.45, 7) is 6.79. The van der Waals surface area contributed by atoms with Gasteiger partial charge >= 0.3 is 5.97 Å². The highest BCUT2D eigenvalue weighted by molar-refractivity contribution is 7.89. The maximum atomic E-state index is 12.1. The number of hydrogen-bond acceptors (Lipinski definition) is 4. The van der Waals surface area contributed by atoms with E-state index in [1.807, 2.05) is 6.92 Å². The highest BCUT2D eigenvalue weighted by Gasteiger charge is 2.35. The van der Waals surface area contributed by atoms with Crippen LogP contribution in [0.3, 0.4) is 0 Å². The zero-order valence-corrected chi connectivity index (χ0v) is 12.2. The molecular formula is C11H19N3O4S. The zero-order valence-electron chi connectivity index (χ0n) is 11.4. The summed E-state index contributed by atoms with van der Waals surface area (Å²) < 4.78 is 26.3. The molecule has 0 spiro atoms. The first-order valence-electron chi connectivity index (χ1n) is 5.87. The van der Waals surface area contributed by atoms with Crippen LogP contribution in [0, 0.1) is 5.41 Å². The fraction of sp³-hybridized carbons (Fsp3) is 0.636. The molecule has 0 bridgehead atoms. The smallest absolute Gasteiger partial charge is 0.322 e. The van der Waals surface area contributed by atoms with E-state index >= 15 is 0 Å². The molecule has 1 aromatic rings. The van der Waals surface area contributed by atoms with Crippen LogP contribution in [-0.2, 0) is 21.2 Å². The Balaban J connectivity index is 3.04. The zero-order chi connectivity index (χ0) is 14.8. The van der Waals surface area contributed by atoms with E-state index in [0.717, 1.165) is 0 Å². The molecule has 0 aliphatic heterocycles. The normalized spacial score (nSPS) is 14.3. The lowest BCUT2D eigenvalue weighted by molar-refractivity contribution is -0.141. The number of carboxylic acids is 1. The predicted molar refractivity (Wildman–Crippen MR) is 69.2 cm³/mol. The first-order chi connectivity index (χ1) is 8.58. The van der Waals surface area contributed by atoms with Crippen molar-refractivity contribution in [2.75, 3.05) is 0 Å². The summed E-state index contributed by atoms with van der Waals surface area (Å²) in [7, 11) is -3.93. The van der Waals surface area contributed by atoms with Crippen molar-refractivity contribution in [1.29, 1.82) is 0 Å². The van der Waals surface area contributed by atoms with Crippen LogP contribution in [0.4, 0.5) is 0 Å². The fourth-order valence-electron chi connectivity index (χ4n) is 1.48. The Morgan fingerprint density at radius 2 is 2.11 bits per heavy atom. The molecule has 8 heteroatoms. The maximum absolute atomic E-state index is 12.1. The number of rotatable bonds is 5. The third-order valence-corrected chi connectivity index (χ3v) is 3.95. The molecule has 1 aromatic heterocycles. The SMILES string of the molecule is CCc1ncc(S(=O)(=O)N[C@@H](C(=O)O)C(C)(C)C)[nH]1. The summed E-state index contributed by atoms with van der Waals surface area (Å²) in [6.07, 6.45) is 1.75. The quantitative estimate of drug-likeness (QED) is 0.740. The molecule has 0 aliphatic rings. The number of aliphatic carboxylic acids is 1. The number of hydrogen-bond donors (Lipinski definition) is 3. The minimum Gasteiger partial charge on any atom is -0.480 e. The van der Waals surface area contributed by atoms with E-state index in [4.69, 9.17) is 5.11 Å². The lowest BCUT2D eigenvalue weighted by Gasteiger charge is -2.27. The summed E-state index contributed by atoms with van der Waals surface area (Å²) >= 11 is 0. The number of carbonyl (C=O) groups is 1. The Kier molecular flexibility index (Phi) is 4.36. The number of aromatic amines is 1. The second kappa shape index (κ2) is 5.30. The van der Waals surface area contributed by atoms with Gasteiger partial charge in [0.2, 0.25) is 0 Å². The fourth-order valence-corrected chi connectivity index (χ4v) is 2.81. The largest absolute Gasteiger partial charge is 0.480 e. The van der Waals surface area contributed by atoms with E-state index in [1.54, 1.807) is 20.8 Å². The molecule has 19 heavy (non-hydrogen) atoms. The van der Waals surface area contributed by atoms with Crippen molar-refractivity contribution < 1.29 is 18.3 Å². The summed E-state index contributed by atoms with van der Waals surface area (Å²) in [5.74, 6) is -0.686. The van der Waals surface area contributed by atoms with Gasteiger partial charge in [-0.05, 0) is 5.41 Å². The number of H-pyrrole nitrogens is 1. The van der Waals surface area contributed by atoms with Crippen LogP contribution in [0.2, 0.25) is 0 Å². The topological polar surface area (TPSA) is 112 Å². The van der Waals surface area contributed by atoms with Crippen molar-refractivity contribution in [1.82, 2.24) is 14.7 Å². The molecule has 1 heterocycles. The standard InChI is InChI=1S/C11H19N3O4S/c1-5-7-12-6-8(13-7)19(17,18)14-9(10(15)16)11(2,3)4/h6,9,14H,5H2,1-4H3,(H,12,13)(H,15,16)/t9-/m0/s1. The Hall–Kier alpha value is -1.41. The summed E-state index contributed by atoms with van der Waals surface area (Å²) in [5, 5.41) is 8.99. The van der Waals surface area contributed by atoms with Crippen molar-refractivity contribution in [2.45, 2.75) is 45.2 Å². The molecule has 0 fully saturated rings. The van der Waals surface area contributed by atoms with E-state index in [-0.39, 0.29) is 5.03 Å². The number of nitrogens with zero attached hydrogens (tertiary/aromatic N) is 1. The molecule has 1 atom stereocenters. The predicted octanol–water partition coefficient (Wildman–Crippen LogP) is 0.750. The number of aromatic nitrogens is 2. The molecule has 1 rings (SSSR count). The van der Waals surface area contributed by atoms with Gasteiger partial charge in [0.25, 0.3) is 10.0 Å². The Morgan fingerprint density at radius 1 is 1.53 bits per heavy atom. The highest BCUT2D eigenvalue weighted by Crippen LogP contribution is 2.21. The van der Waals surface area contributed by atoms with E-state index in [1.165, 1.54) is 6.20 Å². The van der Waals surface area contributed by atoms with Gasteiger partial charge in [0.1, 0.15) is 11.9 Å². The minimum atomic E-state index is -3.93. The second-order valence-corrected chi connectivity index (χ2v) is 6.99. The first kappa shape index (κ1) is 15.6. The Bertz CT molecular complexity index is 557. The van der Waals surface area contributed by atoms with Crippen molar-refractivity contribution in [3.8, 4) is 0 Å². The minimum absolute atomic E-state index is 0.125. The van der Waals surface area contributed by atoms with Crippen molar-refractivity contribution in [3.63, 3.8) is 0 Å². The third kappa shape index (κ3) is 3.77. The monoisotopic (exact) mass is 289 g/mol. The van der Waals surface area contributed by atoms with Crippen LogP contribution in [0.15, 0.2) is 11.2 Å². The molecular weight excluding hydrogens is 270 g/mol. The van der Waals surface area contributed by atoms with Gasteiger partial charge in [0.15, 0.2) is 5.03 Å². The van der Waals surface area contributed by atoms with Crippen LogP contribution in [0.25, 0.3) is 0 Å². The molecule has 0 aromatic carbocycles. The molecule has 3 N–H and O–H groups in total. The average Bonchev–Trinajstić information content (AvgIpc) is 2.73. The Labute approximate surface area is 112 Å². The summed E-state index contributed by atoms with van der Waals surface area (Å²) in [4.78, 5) is 17.7. The highest BCUT2D eigenvalue weighted by atomic mass is 32.2. The average molecular weight is 289 g/mol. The molecule has 7 nitrogen and oxygen atoms in total. The van der Waals surface area contributed by atoms with Crippen molar-refractivity contribution >= 4 is 16.0 Å². The maximum Gasteiger partial charge on any atom is 0.322 e. The van der Waals surface area contributed by atoms with Gasteiger partial charge in [0.05, 0.1) is 6.20 Å². The van der Waals surface area contributed by atoms with E-state index < -0.39 is 27.4 Å². The first-order valence-corrected chi connectivity index (χ1v) is 7.35. The Morgan fingerprint density at radius 3 is 2.47 bits per heavy atom. The molecule has 0 unspecified atom stereocenters. The van der Waals surface area contributed by atoms with Gasteiger partial charge < -0.3 is 10.1 Å². The lowest BCUT2D eigenvalue weighted by atomic mass is 9.88. The molecule has 0 amide bonds. The molecule has 0 aliphatic carbocycles. The van der Waals surface area contributed by atoms with Gasteiger partial charge in [-0.2, -0.15) is 4.72 Å². The van der Waals surface area contributed by atoms with Crippen LogP contribution in [0.5, 0.6) is 0 Å². The second-order valence-electron chi connectivity index (χ2n) is 5.31. The van der Waals surface area contributed by atoms with E-state index in [0.29, 0.717) is 12.2 Å². The van der Waals surface area contributed by atoms with E-state index in [9.17, 15) is 13.2 Å². The van der Waals surface area contributed by atoms with Gasteiger partial charge in [-0.15, -0.1) is 0 Å².